The molecule has 0 bridgehead atoms. The van der Waals surface area contributed by atoms with Crippen LogP contribution in [0.15, 0.2) is 79.0 Å². The Morgan fingerprint density at radius 1 is 1.05 bits per heavy atom. The van der Waals surface area contributed by atoms with Gasteiger partial charge < -0.3 is 25.2 Å². The van der Waals surface area contributed by atoms with Crippen LogP contribution in [0.5, 0.6) is 5.75 Å². The van der Waals surface area contributed by atoms with E-state index >= 15 is 0 Å². The maximum atomic E-state index is 12.9. The lowest BCUT2D eigenvalue weighted by Gasteiger charge is -2.28. The van der Waals surface area contributed by atoms with E-state index in [1.807, 2.05) is 74.5 Å². The van der Waals surface area contributed by atoms with Crippen LogP contribution >= 0.6 is 12.2 Å². The zero-order chi connectivity index (χ0) is 26.8. The monoisotopic (exact) mass is 525 g/mol. The highest BCUT2D eigenvalue weighted by molar-refractivity contribution is 7.80. The molecule has 2 aromatic carbocycles. The molecule has 1 aliphatic heterocycles. The molecule has 7 nitrogen and oxygen atoms in total. The van der Waals surface area contributed by atoms with Crippen molar-refractivity contribution < 1.29 is 9.90 Å². The first-order chi connectivity index (χ1) is 18.3. The molecule has 5 rings (SSSR count). The third kappa shape index (κ3) is 4.87. The third-order valence-corrected chi connectivity index (χ3v) is 7.46. The highest BCUT2D eigenvalue weighted by Crippen LogP contribution is 2.42. The van der Waals surface area contributed by atoms with Crippen molar-refractivity contribution in [1.82, 2.24) is 19.8 Å². The summed E-state index contributed by atoms with van der Waals surface area (Å²) in [6.07, 6.45) is 2.06. The van der Waals surface area contributed by atoms with Crippen LogP contribution in [0.3, 0.4) is 0 Å². The van der Waals surface area contributed by atoms with Crippen LogP contribution in [-0.2, 0) is 4.79 Å². The Balaban J connectivity index is 1.48. The number of hydrogen-bond acceptors (Lipinski definition) is 4. The van der Waals surface area contributed by atoms with Gasteiger partial charge in [0.2, 0.25) is 5.91 Å². The van der Waals surface area contributed by atoms with Crippen LogP contribution in [0.1, 0.15) is 46.7 Å². The van der Waals surface area contributed by atoms with Gasteiger partial charge in [-0.15, -0.1) is 0 Å². The number of aromatic nitrogens is 2. The summed E-state index contributed by atoms with van der Waals surface area (Å²) < 4.78 is 2.06. The van der Waals surface area contributed by atoms with Crippen molar-refractivity contribution in [3.8, 4) is 11.4 Å². The van der Waals surface area contributed by atoms with Crippen LogP contribution in [0, 0.1) is 20.8 Å². The lowest BCUT2D eigenvalue weighted by molar-refractivity contribution is -0.116. The van der Waals surface area contributed by atoms with Crippen molar-refractivity contribution in [2.75, 3.05) is 11.9 Å². The Labute approximate surface area is 228 Å². The van der Waals surface area contributed by atoms with Crippen molar-refractivity contribution in [3.63, 3.8) is 0 Å². The van der Waals surface area contributed by atoms with Crippen LogP contribution in [-0.4, -0.2) is 37.1 Å². The number of thiocarbonyl (C=S) groups is 1. The molecule has 0 aliphatic carbocycles. The molecule has 0 saturated carbocycles. The van der Waals surface area contributed by atoms with E-state index in [9.17, 15) is 9.90 Å². The molecule has 0 unspecified atom stereocenters. The molecule has 1 saturated heterocycles. The molecule has 0 radical (unpaired) electrons. The summed E-state index contributed by atoms with van der Waals surface area (Å²) in [5, 5.41) is 17.7. The number of aryl methyl sites for hydroxylation is 2. The molecule has 2 atom stereocenters. The number of carbonyl (C=O) groups is 1. The van der Waals surface area contributed by atoms with Crippen LogP contribution in [0.25, 0.3) is 5.69 Å². The topological polar surface area (TPSA) is 82.4 Å². The molecule has 38 heavy (non-hydrogen) atoms. The van der Waals surface area contributed by atoms with Gasteiger partial charge in [0, 0.05) is 36.2 Å². The molecule has 1 amide bonds. The summed E-state index contributed by atoms with van der Waals surface area (Å²) >= 11 is 5.80. The van der Waals surface area contributed by atoms with E-state index in [1.165, 1.54) is 0 Å². The normalized spacial score (nSPS) is 16.9. The smallest absolute Gasteiger partial charge is 0.226 e. The fraction of sp³-hybridized carbons (Fsp3) is 0.233. The van der Waals surface area contributed by atoms with Crippen molar-refractivity contribution in [2.45, 2.75) is 39.3 Å². The van der Waals surface area contributed by atoms with E-state index in [1.54, 1.807) is 12.3 Å². The average molecular weight is 526 g/mol. The minimum Gasteiger partial charge on any atom is -0.506 e. The van der Waals surface area contributed by atoms with Gasteiger partial charge in [0.15, 0.2) is 5.11 Å². The van der Waals surface area contributed by atoms with Gasteiger partial charge in [-0.1, -0.05) is 36.4 Å². The molecule has 3 N–H and O–H groups in total. The fourth-order valence-corrected chi connectivity index (χ4v) is 5.58. The number of para-hydroxylation sites is 3. The molecular weight excluding hydrogens is 494 g/mol. The number of benzene rings is 2. The highest BCUT2D eigenvalue weighted by Gasteiger charge is 2.41. The van der Waals surface area contributed by atoms with Crippen LogP contribution < -0.4 is 10.6 Å². The number of carbonyl (C=O) groups excluding carboxylic acids is 1. The maximum absolute atomic E-state index is 12.9. The van der Waals surface area contributed by atoms with E-state index in [-0.39, 0.29) is 30.2 Å². The van der Waals surface area contributed by atoms with Gasteiger partial charge in [0.05, 0.1) is 23.5 Å². The second-order valence-electron chi connectivity index (χ2n) is 9.58. The fourth-order valence-electron chi connectivity index (χ4n) is 5.24. The number of phenolic OH excluding ortho intramolecular Hbond substituents is 1. The second kappa shape index (κ2) is 10.7. The Bertz CT molecular complexity index is 1480. The van der Waals surface area contributed by atoms with Gasteiger partial charge >= 0.3 is 0 Å². The molecule has 194 valence electrons. The molecule has 1 aliphatic rings. The first kappa shape index (κ1) is 25.5. The Morgan fingerprint density at radius 2 is 1.79 bits per heavy atom. The predicted molar refractivity (Wildman–Crippen MR) is 153 cm³/mol. The Morgan fingerprint density at radius 3 is 2.53 bits per heavy atom. The molecule has 4 aromatic rings. The lowest BCUT2D eigenvalue weighted by Crippen LogP contribution is -2.33. The van der Waals surface area contributed by atoms with Gasteiger partial charge in [0.1, 0.15) is 5.75 Å². The van der Waals surface area contributed by atoms with E-state index in [0.717, 1.165) is 39.6 Å². The van der Waals surface area contributed by atoms with Crippen molar-refractivity contribution in [3.05, 3.63) is 107 Å². The number of nitrogens with zero attached hydrogens (tertiary/aromatic N) is 3. The molecule has 3 heterocycles. The van der Waals surface area contributed by atoms with Crippen molar-refractivity contribution >= 4 is 28.9 Å². The van der Waals surface area contributed by atoms with Gasteiger partial charge in [-0.05, 0) is 80.5 Å². The van der Waals surface area contributed by atoms with Gasteiger partial charge in [-0.3, -0.25) is 9.78 Å². The minimum atomic E-state index is -0.193. The molecular formula is C30H31N5O2S. The number of nitrogens with one attached hydrogen (secondary N) is 2. The summed E-state index contributed by atoms with van der Waals surface area (Å²) in [4.78, 5) is 19.6. The third-order valence-electron chi connectivity index (χ3n) is 7.11. The maximum Gasteiger partial charge on any atom is 0.226 e. The van der Waals surface area contributed by atoms with Crippen molar-refractivity contribution in [2.24, 2.45) is 0 Å². The second-order valence-corrected chi connectivity index (χ2v) is 9.97. The van der Waals surface area contributed by atoms with E-state index in [4.69, 9.17) is 12.2 Å². The van der Waals surface area contributed by atoms with E-state index < -0.39 is 0 Å². The number of rotatable bonds is 7. The Hall–Kier alpha value is -4.17. The summed E-state index contributed by atoms with van der Waals surface area (Å²) in [5.74, 6) is 0.147. The minimum absolute atomic E-state index is 0.0678. The number of hydrogen-bond donors (Lipinski definition) is 3. The summed E-state index contributed by atoms with van der Waals surface area (Å²) in [6, 6.07) is 22.7. The number of anilines is 1. The van der Waals surface area contributed by atoms with E-state index in [2.05, 4.69) is 38.1 Å². The lowest BCUT2D eigenvalue weighted by atomic mass is 9.96. The number of amides is 1. The first-order valence-corrected chi connectivity index (χ1v) is 13.1. The standard InChI is InChI=1S/C30H31N5O2S/c1-19-10-4-5-11-23(19)32-27(37)15-17-34-29(28(33-30(34)38)24-12-8-9-16-31-24)22-18-20(2)35(21(22)3)25-13-6-7-14-26(25)36/h4-14,16,18,28-29,36H,15,17H2,1-3H3,(H,32,37)(H,33,38)/t28-,29+/m1/s1. The molecule has 2 aromatic heterocycles. The van der Waals surface area contributed by atoms with Gasteiger partial charge in [-0.2, -0.15) is 0 Å². The quantitative estimate of drug-likeness (QED) is 0.276. The molecule has 8 heteroatoms. The van der Waals surface area contributed by atoms with Crippen molar-refractivity contribution in [1.29, 1.82) is 0 Å². The van der Waals surface area contributed by atoms with Crippen LogP contribution in [0.4, 0.5) is 5.69 Å². The van der Waals surface area contributed by atoms with Gasteiger partial charge in [-0.25, -0.2) is 0 Å². The number of aromatic hydroxyl groups is 1. The SMILES string of the molecule is Cc1ccccc1NC(=O)CCN1C(=S)N[C@H](c2ccccn2)[C@@H]1c1cc(C)n(-c2ccccc2O)c1C. The summed E-state index contributed by atoms with van der Waals surface area (Å²) in [6.45, 7) is 6.49. The van der Waals surface area contributed by atoms with Gasteiger partial charge in [0.25, 0.3) is 0 Å². The first-order valence-electron chi connectivity index (χ1n) is 12.7. The zero-order valence-electron chi connectivity index (χ0n) is 21.7. The number of phenols is 1. The molecule has 1 fully saturated rings. The summed E-state index contributed by atoms with van der Waals surface area (Å²) in [7, 11) is 0. The summed E-state index contributed by atoms with van der Waals surface area (Å²) in [5.41, 5.74) is 6.48. The number of pyridine rings is 1. The zero-order valence-corrected chi connectivity index (χ0v) is 22.5. The predicted octanol–water partition coefficient (Wildman–Crippen LogP) is 5.50. The van der Waals surface area contributed by atoms with Crippen LogP contribution in [0.2, 0.25) is 0 Å². The largest absolute Gasteiger partial charge is 0.506 e. The molecule has 0 spiro atoms. The highest BCUT2D eigenvalue weighted by atomic mass is 32.1. The average Bonchev–Trinajstić information content (AvgIpc) is 3.39. The Kier molecular flexibility index (Phi) is 7.15. The van der Waals surface area contributed by atoms with E-state index in [0.29, 0.717) is 11.7 Å².